The van der Waals surface area contributed by atoms with Crippen molar-refractivity contribution in [2.24, 2.45) is 5.92 Å². The van der Waals surface area contributed by atoms with Crippen LogP contribution < -0.4 is 5.32 Å². The molecule has 2 aromatic carbocycles. The molecule has 0 aliphatic carbocycles. The number of amides is 2. The molecule has 2 rings (SSSR count). The van der Waals surface area contributed by atoms with Crippen molar-refractivity contribution in [2.45, 2.75) is 39.8 Å². The number of hydrogen-bond donors (Lipinski definition) is 1. The topological polar surface area (TPSA) is 49.4 Å². The zero-order valence-corrected chi connectivity index (χ0v) is 17.9. The number of carbonyl (C=O) groups is 2. The minimum atomic E-state index is -0.623. The molecule has 1 N–H and O–H groups in total. The molecule has 0 fully saturated rings. The number of benzene rings is 2. The monoisotopic (exact) mass is 420 g/mol. The van der Waals surface area contributed by atoms with Crippen LogP contribution in [0.3, 0.4) is 0 Å². The molecular weight excluding hydrogens is 395 g/mol. The fourth-order valence-corrected chi connectivity index (χ4v) is 3.21. The van der Waals surface area contributed by atoms with E-state index < -0.39 is 6.04 Å². The molecule has 28 heavy (non-hydrogen) atoms. The molecule has 0 saturated heterocycles. The molecule has 0 aromatic heterocycles. The highest BCUT2D eigenvalue weighted by atomic mass is 35.5. The SMILES string of the molecule is CC(C)CNC(=O)[C@@H](C)N(Cc1ccc(Cl)cc1Cl)C(=O)Cc1ccccc1. The molecule has 0 radical (unpaired) electrons. The zero-order valence-electron chi connectivity index (χ0n) is 16.4. The van der Waals surface area contributed by atoms with E-state index >= 15 is 0 Å². The Hall–Kier alpha value is -2.04. The van der Waals surface area contributed by atoms with Gasteiger partial charge in [-0.2, -0.15) is 0 Å². The largest absolute Gasteiger partial charge is 0.354 e. The predicted molar refractivity (Wildman–Crippen MR) is 114 cm³/mol. The molecule has 0 aliphatic rings. The van der Waals surface area contributed by atoms with Gasteiger partial charge in [-0.25, -0.2) is 0 Å². The minimum absolute atomic E-state index is 0.135. The summed E-state index contributed by atoms with van der Waals surface area (Å²) in [5.74, 6) is 0.0138. The van der Waals surface area contributed by atoms with E-state index in [-0.39, 0.29) is 24.8 Å². The Morgan fingerprint density at radius 1 is 1.04 bits per heavy atom. The van der Waals surface area contributed by atoms with Gasteiger partial charge in [0.1, 0.15) is 6.04 Å². The lowest BCUT2D eigenvalue weighted by molar-refractivity contribution is -0.140. The maximum Gasteiger partial charge on any atom is 0.242 e. The summed E-state index contributed by atoms with van der Waals surface area (Å²) in [6.45, 7) is 6.58. The van der Waals surface area contributed by atoms with Crippen LogP contribution in [-0.4, -0.2) is 29.3 Å². The smallest absolute Gasteiger partial charge is 0.242 e. The van der Waals surface area contributed by atoms with Gasteiger partial charge in [-0.3, -0.25) is 9.59 Å². The summed E-state index contributed by atoms with van der Waals surface area (Å²) in [5.41, 5.74) is 1.64. The number of rotatable bonds is 8. The lowest BCUT2D eigenvalue weighted by Crippen LogP contribution is -2.48. The molecule has 2 aromatic rings. The third kappa shape index (κ3) is 6.54. The second kappa shape index (κ2) is 10.5. The molecule has 4 nitrogen and oxygen atoms in total. The molecule has 0 unspecified atom stereocenters. The van der Waals surface area contributed by atoms with Crippen LogP contribution in [-0.2, 0) is 22.6 Å². The molecule has 0 spiro atoms. The van der Waals surface area contributed by atoms with Crippen LogP contribution in [0.5, 0.6) is 0 Å². The first-order valence-corrected chi connectivity index (χ1v) is 10.1. The van der Waals surface area contributed by atoms with Crippen LogP contribution in [0.15, 0.2) is 48.5 Å². The number of carbonyl (C=O) groups excluding carboxylic acids is 2. The second-order valence-corrected chi connectivity index (χ2v) is 8.08. The lowest BCUT2D eigenvalue weighted by atomic mass is 10.1. The molecule has 0 saturated carbocycles. The van der Waals surface area contributed by atoms with E-state index in [1.807, 2.05) is 44.2 Å². The highest BCUT2D eigenvalue weighted by Gasteiger charge is 2.26. The van der Waals surface area contributed by atoms with Gasteiger partial charge in [0.05, 0.1) is 6.42 Å². The summed E-state index contributed by atoms with van der Waals surface area (Å²) in [5, 5.41) is 3.90. The fraction of sp³-hybridized carbons (Fsp3) is 0.364. The maximum absolute atomic E-state index is 13.1. The maximum atomic E-state index is 13.1. The summed E-state index contributed by atoms with van der Waals surface area (Å²) in [6.07, 6.45) is 0.216. The molecule has 0 heterocycles. The van der Waals surface area contributed by atoms with Gasteiger partial charge in [-0.05, 0) is 36.1 Å². The van der Waals surface area contributed by atoms with Gasteiger partial charge < -0.3 is 10.2 Å². The minimum Gasteiger partial charge on any atom is -0.354 e. The van der Waals surface area contributed by atoms with Crippen LogP contribution in [0.4, 0.5) is 0 Å². The van der Waals surface area contributed by atoms with E-state index in [0.717, 1.165) is 11.1 Å². The number of nitrogens with one attached hydrogen (secondary N) is 1. The lowest BCUT2D eigenvalue weighted by Gasteiger charge is -2.29. The van der Waals surface area contributed by atoms with Crippen LogP contribution in [0, 0.1) is 5.92 Å². The average molecular weight is 421 g/mol. The van der Waals surface area contributed by atoms with E-state index in [0.29, 0.717) is 22.5 Å². The van der Waals surface area contributed by atoms with Crippen molar-refractivity contribution in [3.63, 3.8) is 0 Å². The van der Waals surface area contributed by atoms with E-state index in [2.05, 4.69) is 5.32 Å². The van der Waals surface area contributed by atoms with Crippen molar-refractivity contribution in [2.75, 3.05) is 6.54 Å². The molecule has 0 bridgehead atoms. The molecule has 0 aliphatic heterocycles. The molecule has 2 amide bonds. The van der Waals surface area contributed by atoms with Crippen molar-refractivity contribution in [3.8, 4) is 0 Å². The van der Waals surface area contributed by atoms with Crippen molar-refractivity contribution in [1.29, 1.82) is 0 Å². The summed E-state index contributed by atoms with van der Waals surface area (Å²) in [4.78, 5) is 27.2. The van der Waals surface area contributed by atoms with Crippen molar-refractivity contribution < 1.29 is 9.59 Å². The quantitative estimate of drug-likeness (QED) is 0.670. The number of nitrogens with zero attached hydrogens (tertiary/aromatic N) is 1. The Labute approximate surface area is 176 Å². The third-order valence-electron chi connectivity index (χ3n) is 4.41. The van der Waals surface area contributed by atoms with Crippen molar-refractivity contribution in [3.05, 3.63) is 69.7 Å². The summed E-state index contributed by atoms with van der Waals surface area (Å²) < 4.78 is 0. The third-order valence-corrected chi connectivity index (χ3v) is 4.99. The Balaban J connectivity index is 2.23. The number of halogens is 2. The number of hydrogen-bond acceptors (Lipinski definition) is 2. The van der Waals surface area contributed by atoms with Crippen LogP contribution in [0.2, 0.25) is 10.0 Å². The average Bonchev–Trinajstić information content (AvgIpc) is 2.65. The summed E-state index contributed by atoms with van der Waals surface area (Å²) >= 11 is 12.3. The highest BCUT2D eigenvalue weighted by Crippen LogP contribution is 2.23. The molecule has 6 heteroatoms. The van der Waals surface area contributed by atoms with Gasteiger partial charge in [0, 0.05) is 23.1 Å². The van der Waals surface area contributed by atoms with Crippen LogP contribution >= 0.6 is 23.2 Å². The Bertz CT molecular complexity index is 809. The van der Waals surface area contributed by atoms with Gasteiger partial charge in [0.15, 0.2) is 0 Å². The first-order chi connectivity index (χ1) is 13.3. The van der Waals surface area contributed by atoms with Gasteiger partial charge in [0.2, 0.25) is 11.8 Å². The standard InChI is InChI=1S/C22H26Cl2N2O2/c1-15(2)13-25-22(28)16(3)26(14-18-9-10-19(23)12-20(18)24)21(27)11-17-7-5-4-6-8-17/h4-10,12,15-16H,11,13-14H2,1-3H3,(H,25,28)/t16-/m1/s1. The first-order valence-electron chi connectivity index (χ1n) is 9.33. The van der Waals surface area contributed by atoms with Gasteiger partial charge in [0.25, 0.3) is 0 Å². The van der Waals surface area contributed by atoms with E-state index in [9.17, 15) is 9.59 Å². The van der Waals surface area contributed by atoms with Gasteiger partial charge in [-0.15, -0.1) is 0 Å². The van der Waals surface area contributed by atoms with Gasteiger partial charge in [-0.1, -0.05) is 73.4 Å². The Morgan fingerprint density at radius 3 is 2.32 bits per heavy atom. The first kappa shape index (κ1) is 22.3. The molecular formula is C22H26Cl2N2O2. The van der Waals surface area contributed by atoms with E-state index in [1.54, 1.807) is 30.0 Å². The summed E-state index contributed by atoms with van der Waals surface area (Å²) in [6, 6.07) is 14.0. The van der Waals surface area contributed by atoms with Gasteiger partial charge >= 0.3 is 0 Å². The second-order valence-electron chi connectivity index (χ2n) is 7.23. The van der Waals surface area contributed by atoms with E-state index in [1.165, 1.54) is 0 Å². The van der Waals surface area contributed by atoms with Crippen LogP contribution in [0.1, 0.15) is 31.9 Å². The molecule has 1 atom stereocenters. The van der Waals surface area contributed by atoms with Crippen molar-refractivity contribution in [1.82, 2.24) is 10.2 Å². The molecule has 150 valence electrons. The Kier molecular flexibility index (Phi) is 8.34. The zero-order chi connectivity index (χ0) is 20.7. The normalized spacial score (nSPS) is 11.9. The Morgan fingerprint density at radius 2 is 1.71 bits per heavy atom. The fourth-order valence-electron chi connectivity index (χ4n) is 2.74. The van der Waals surface area contributed by atoms with Crippen molar-refractivity contribution >= 4 is 35.0 Å². The van der Waals surface area contributed by atoms with E-state index in [4.69, 9.17) is 23.2 Å². The predicted octanol–water partition coefficient (Wildman–Crippen LogP) is 4.73. The highest BCUT2D eigenvalue weighted by molar-refractivity contribution is 6.35. The summed E-state index contributed by atoms with van der Waals surface area (Å²) in [7, 11) is 0. The van der Waals surface area contributed by atoms with Crippen LogP contribution in [0.25, 0.3) is 0 Å².